The van der Waals surface area contributed by atoms with E-state index in [9.17, 15) is 4.79 Å². The first-order valence-electron chi connectivity index (χ1n) is 6.25. The van der Waals surface area contributed by atoms with E-state index in [0.29, 0.717) is 16.6 Å². The zero-order valence-corrected chi connectivity index (χ0v) is 13.1. The minimum atomic E-state index is -0.215. The molecule has 1 aliphatic heterocycles. The maximum absolute atomic E-state index is 12.0. The van der Waals surface area contributed by atoms with Crippen molar-refractivity contribution >= 4 is 45.3 Å². The maximum Gasteiger partial charge on any atom is 0.275 e. The van der Waals surface area contributed by atoms with Crippen molar-refractivity contribution in [3.8, 4) is 0 Å². The van der Waals surface area contributed by atoms with E-state index in [1.807, 2.05) is 36.4 Å². The van der Waals surface area contributed by atoms with E-state index in [4.69, 9.17) is 11.6 Å². The fraction of sp³-hybridized carbons (Fsp3) is 0. The number of nitrogens with zero attached hydrogens (tertiary/aromatic N) is 1. The quantitative estimate of drug-likeness (QED) is 0.807. The zero-order valence-electron chi connectivity index (χ0n) is 10.8. The van der Waals surface area contributed by atoms with Gasteiger partial charge in [0.15, 0.2) is 0 Å². The number of carbonyl (C=O) groups is 1. The molecule has 1 aliphatic rings. The summed E-state index contributed by atoms with van der Waals surface area (Å²) in [5.74, 6) is 0.304. The van der Waals surface area contributed by atoms with Crippen LogP contribution in [0.15, 0.2) is 63.7 Å². The average molecular weight is 362 g/mol. The van der Waals surface area contributed by atoms with Gasteiger partial charge in [-0.3, -0.25) is 4.79 Å². The normalized spacial score (nSPS) is 16.0. The standard InChI is InChI=1S/C16H10BrClN2O/c17-12-6-4-10(5-7-12)8-14-16(21)20-15(19-14)11-2-1-3-13(18)9-11/h1-9H,(H,19,20,21)/b14-8+. The monoisotopic (exact) mass is 360 g/mol. The van der Waals surface area contributed by atoms with E-state index < -0.39 is 0 Å². The Balaban J connectivity index is 1.93. The van der Waals surface area contributed by atoms with Crippen molar-refractivity contribution < 1.29 is 4.79 Å². The van der Waals surface area contributed by atoms with Gasteiger partial charge in [-0.1, -0.05) is 51.8 Å². The summed E-state index contributed by atoms with van der Waals surface area (Å²) in [6, 6.07) is 14.9. The largest absolute Gasteiger partial charge is 0.305 e. The van der Waals surface area contributed by atoms with Gasteiger partial charge in [0, 0.05) is 15.1 Å². The summed E-state index contributed by atoms with van der Waals surface area (Å²) in [6.07, 6.45) is 1.75. The molecule has 5 heteroatoms. The van der Waals surface area contributed by atoms with Crippen LogP contribution in [-0.4, -0.2) is 11.7 Å². The number of amidine groups is 1. The van der Waals surface area contributed by atoms with Gasteiger partial charge in [-0.25, -0.2) is 4.99 Å². The Labute approximate surface area is 135 Å². The minimum absolute atomic E-state index is 0.215. The second-order valence-corrected chi connectivity index (χ2v) is 5.86. The molecule has 0 saturated heterocycles. The van der Waals surface area contributed by atoms with Gasteiger partial charge in [-0.15, -0.1) is 0 Å². The number of hydrogen-bond acceptors (Lipinski definition) is 2. The maximum atomic E-state index is 12.0. The molecule has 0 aliphatic carbocycles. The summed E-state index contributed by atoms with van der Waals surface area (Å²) in [6.45, 7) is 0. The average Bonchev–Trinajstić information content (AvgIpc) is 2.83. The number of rotatable bonds is 2. The summed E-state index contributed by atoms with van der Waals surface area (Å²) in [4.78, 5) is 16.3. The molecular formula is C16H10BrClN2O. The molecule has 0 aromatic heterocycles. The van der Waals surface area contributed by atoms with E-state index in [1.54, 1.807) is 18.2 Å². The van der Waals surface area contributed by atoms with Crippen LogP contribution >= 0.6 is 27.5 Å². The Kier molecular flexibility index (Phi) is 3.90. The molecular weight excluding hydrogens is 352 g/mol. The molecule has 0 unspecified atom stereocenters. The van der Waals surface area contributed by atoms with E-state index in [0.717, 1.165) is 15.6 Å². The molecule has 1 N–H and O–H groups in total. The summed E-state index contributed by atoms with van der Waals surface area (Å²) in [5, 5.41) is 3.36. The number of halogens is 2. The first kappa shape index (κ1) is 14.0. The number of carbonyl (C=O) groups excluding carboxylic acids is 1. The predicted molar refractivity (Wildman–Crippen MR) is 88.3 cm³/mol. The van der Waals surface area contributed by atoms with Gasteiger partial charge in [0.2, 0.25) is 0 Å². The third kappa shape index (κ3) is 3.23. The summed E-state index contributed by atoms with van der Waals surface area (Å²) in [5.41, 5.74) is 2.08. The van der Waals surface area contributed by atoms with Crippen LogP contribution in [0.4, 0.5) is 0 Å². The highest BCUT2D eigenvalue weighted by molar-refractivity contribution is 9.10. The molecule has 0 fully saturated rings. The molecule has 104 valence electrons. The predicted octanol–water partition coefficient (Wildman–Crippen LogP) is 4.02. The third-order valence-corrected chi connectivity index (χ3v) is 3.73. The SMILES string of the molecule is O=C1NC(c2cccc(Cl)c2)=N/C1=C/c1ccc(Br)cc1. The van der Waals surface area contributed by atoms with Gasteiger partial charge in [0.05, 0.1) is 0 Å². The highest BCUT2D eigenvalue weighted by atomic mass is 79.9. The first-order chi connectivity index (χ1) is 10.1. The fourth-order valence-corrected chi connectivity index (χ4v) is 2.41. The summed E-state index contributed by atoms with van der Waals surface area (Å²) in [7, 11) is 0. The van der Waals surface area contributed by atoms with E-state index in [-0.39, 0.29) is 5.91 Å². The third-order valence-electron chi connectivity index (χ3n) is 2.97. The highest BCUT2D eigenvalue weighted by Gasteiger charge is 2.21. The lowest BCUT2D eigenvalue weighted by atomic mass is 10.2. The smallest absolute Gasteiger partial charge is 0.275 e. The van der Waals surface area contributed by atoms with Gasteiger partial charge in [-0.05, 0) is 35.9 Å². The molecule has 1 amide bonds. The van der Waals surface area contributed by atoms with Gasteiger partial charge in [-0.2, -0.15) is 0 Å². The lowest BCUT2D eigenvalue weighted by Crippen LogP contribution is -2.24. The Hall–Kier alpha value is -1.91. The number of amides is 1. The molecule has 0 atom stereocenters. The van der Waals surface area contributed by atoms with Gasteiger partial charge in [0.1, 0.15) is 11.5 Å². The molecule has 3 rings (SSSR count). The van der Waals surface area contributed by atoms with Crippen molar-refractivity contribution in [3.63, 3.8) is 0 Å². The van der Waals surface area contributed by atoms with Crippen LogP contribution in [-0.2, 0) is 4.79 Å². The van der Waals surface area contributed by atoms with Gasteiger partial charge < -0.3 is 5.32 Å². The molecule has 2 aromatic rings. The van der Waals surface area contributed by atoms with Crippen LogP contribution < -0.4 is 5.32 Å². The van der Waals surface area contributed by atoms with Crippen LogP contribution in [0.5, 0.6) is 0 Å². The van der Waals surface area contributed by atoms with Gasteiger partial charge >= 0.3 is 0 Å². The van der Waals surface area contributed by atoms with Crippen molar-refractivity contribution in [2.24, 2.45) is 4.99 Å². The Bertz CT molecular complexity index is 766. The first-order valence-corrected chi connectivity index (χ1v) is 7.42. The van der Waals surface area contributed by atoms with E-state index >= 15 is 0 Å². The Morgan fingerprint density at radius 2 is 1.90 bits per heavy atom. The summed E-state index contributed by atoms with van der Waals surface area (Å²) < 4.78 is 0.989. The zero-order chi connectivity index (χ0) is 14.8. The molecule has 21 heavy (non-hydrogen) atoms. The van der Waals surface area contributed by atoms with Crippen molar-refractivity contribution in [2.45, 2.75) is 0 Å². The molecule has 0 radical (unpaired) electrons. The van der Waals surface area contributed by atoms with Crippen molar-refractivity contribution in [1.29, 1.82) is 0 Å². The Morgan fingerprint density at radius 3 is 2.62 bits per heavy atom. The lowest BCUT2D eigenvalue weighted by Gasteiger charge is -2.00. The molecule has 0 bridgehead atoms. The second-order valence-electron chi connectivity index (χ2n) is 4.51. The molecule has 3 nitrogen and oxygen atoms in total. The molecule has 0 saturated carbocycles. The van der Waals surface area contributed by atoms with Crippen molar-refractivity contribution in [2.75, 3.05) is 0 Å². The Morgan fingerprint density at radius 1 is 1.14 bits per heavy atom. The lowest BCUT2D eigenvalue weighted by molar-refractivity contribution is -0.115. The number of benzene rings is 2. The van der Waals surface area contributed by atoms with Gasteiger partial charge in [0.25, 0.3) is 5.91 Å². The molecule has 2 aromatic carbocycles. The highest BCUT2D eigenvalue weighted by Crippen LogP contribution is 2.18. The van der Waals surface area contributed by atoms with E-state index in [1.165, 1.54) is 0 Å². The van der Waals surface area contributed by atoms with E-state index in [2.05, 4.69) is 26.2 Å². The summed E-state index contributed by atoms with van der Waals surface area (Å²) >= 11 is 9.33. The topological polar surface area (TPSA) is 41.5 Å². The fourth-order valence-electron chi connectivity index (χ4n) is 1.96. The van der Waals surface area contributed by atoms with Crippen molar-refractivity contribution in [3.05, 3.63) is 74.9 Å². The molecule has 0 spiro atoms. The minimum Gasteiger partial charge on any atom is -0.305 e. The van der Waals surface area contributed by atoms with Crippen LogP contribution in [0.1, 0.15) is 11.1 Å². The number of aliphatic imine (C=N–C) groups is 1. The van der Waals surface area contributed by atoms with Crippen LogP contribution in [0.25, 0.3) is 6.08 Å². The number of nitrogens with one attached hydrogen (secondary N) is 1. The van der Waals surface area contributed by atoms with Crippen molar-refractivity contribution in [1.82, 2.24) is 5.32 Å². The van der Waals surface area contributed by atoms with Crippen LogP contribution in [0, 0.1) is 0 Å². The second kappa shape index (κ2) is 5.84. The molecule has 1 heterocycles. The van der Waals surface area contributed by atoms with Crippen LogP contribution in [0.2, 0.25) is 5.02 Å². The number of hydrogen-bond donors (Lipinski definition) is 1. The van der Waals surface area contributed by atoms with Crippen LogP contribution in [0.3, 0.4) is 0 Å².